The van der Waals surface area contributed by atoms with Gasteiger partial charge in [-0.2, -0.15) is 5.10 Å². The fourth-order valence-electron chi connectivity index (χ4n) is 1.63. The molecule has 0 amide bonds. The topological polar surface area (TPSA) is 57.0 Å². The number of carbonyl (C=O) groups is 1. The molecule has 0 unspecified atom stereocenters. The second kappa shape index (κ2) is 5.40. The van der Waals surface area contributed by atoms with Crippen molar-refractivity contribution in [2.75, 3.05) is 6.61 Å². The van der Waals surface area contributed by atoms with Crippen LogP contribution in [0.4, 0.5) is 0 Å². The van der Waals surface area contributed by atoms with Crippen LogP contribution in [0.5, 0.6) is 0 Å². The molecule has 1 aromatic rings. The number of ketones is 1. The van der Waals surface area contributed by atoms with Crippen molar-refractivity contribution >= 4 is 5.78 Å². The van der Waals surface area contributed by atoms with Crippen molar-refractivity contribution in [3.05, 3.63) is 12.2 Å². The Kier molecular flexibility index (Phi) is 4.40. The number of nitrogens with zero attached hydrogens (tertiary/aromatic N) is 3. The standard InChI is InChI=1S/C12H21N3O2/c1-6-17-12(4,5)10(16)7-11-13-8-14-15(11)9(2)3/h8-9H,6-7H2,1-5H3. The molecule has 0 aliphatic carbocycles. The van der Waals surface area contributed by atoms with E-state index in [1.54, 1.807) is 18.5 Å². The zero-order valence-corrected chi connectivity index (χ0v) is 11.2. The number of hydrogen-bond acceptors (Lipinski definition) is 4. The summed E-state index contributed by atoms with van der Waals surface area (Å²) in [7, 11) is 0. The van der Waals surface area contributed by atoms with Crippen LogP contribution >= 0.6 is 0 Å². The molecule has 0 aliphatic rings. The maximum atomic E-state index is 12.1. The Morgan fingerprint density at radius 2 is 2.18 bits per heavy atom. The molecule has 1 rings (SSSR count). The summed E-state index contributed by atoms with van der Waals surface area (Å²) in [5, 5.41) is 4.11. The maximum Gasteiger partial charge on any atom is 0.171 e. The molecule has 0 N–H and O–H groups in total. The molecule has 17 heavy (non-hydrogen) atoms. The summed E-state index contributed by atoms with van der Waals surface area (Å²) < 4.78 is 7.20. The Morgan fingerprint density at radius 1 is 1.53 bits per heavy atom. The smallest absolute Gasteiger partial charge is 0.171 e. The third-order valence-electron chi connectivity index (χ3n) is 2.63. The monoisotopic (exact) mass is 239 g/mol. The normalized spacial score (nSPS) is 12.1. The quantitative estimate of drug-likeness (QED) is 0.759. The molecular weight excluding hydrogens is 218 g/mol. The molecule has 5 heteroatoms. The van der Waals surface area contributed by atoms with E-state index in [4.69, 9.17) is 4.74 Å². The minimum atomic E-state index is -0.761. The molecule has 0 spiro atoms. The summed E-state index contributed by atoms with van der Waals surface area (Å²) in [6.07, 6.45) is 1.74. The first-order valence-electron chi connectivity index (χ1n) is 5.94. The summed E-state index contributed by atoms with van der Waals surface area (Å²) in [4.78, 5) is 16.2. The number of carbonyl (C=O) groups excluding carboxylic acids is 1. The number of Topliss-reactive ketones (excluding diaryl/α,β-unsaturated/α-hetero) is 1. The van der Waals surface area contributed by atoms with Crippen LogP contribution in [0, 0.1) is 0 Å². The van der Waals surface area contributed by atoms with Crippen molar-refractivity contribution in [3.63, 3.8) is 0 Å². The first kappa shape index (κ1) is 13.8. The number of aromatic nitrogens is 3. The van der Waals surface area contributed by atoms with E-state index < -0.39 is 5.60 Å². The Morgan fingerprint density at radius 3 is 2.71 bits per heavy atom. The molecule has 0 aliphatic heterocycles. The van der Waals surface area contributed by atoms with Gasteiger partial charge < -0.3 is 4.74 Å². The molecule has 5 nitrogen and oxygen atoms in total. The highest BCUT2D eigenvalue weighted by Crippen LogP contribution is 2.14. The van der Waals surface area contributed by atoms with Gasteiger partial charge in [-0.1, -0.05) is 0 Å². The van der Waals surface area contributed by atoms with Crippen molar-refractivity contribution in [1.29, 1.82) is 0 Å². The Bertz CT molecular complexity index is 383. The van der Waals surface area contributed by atoms with Crippen LogP contribution in [0.3, 0.4) is 0 Å². The summed E-state index contributed by atoms with van der Waals surface area (Å²) in [5.74, 6) is 0.715. The minimum absolute atomic E-state index is 0.0225. The Hall–Kier alpha value is -1.23. The summed E-state index contributed by atoms with van der Waals surface area (Å²) in [6, 6.07) is 0.204. The van der Waals surface area contributed by atoms with E-state index in [-0.39, 0.29) is 18.2 Å². The highest BCUT2D eigenvalue weighted by atomic mass is 16.5. The predicted octanol–water partition coefficient (Wildman–Crippen LogP) is 1.79. The second-order valence-corrected chi connectivity index (χ2v) is 4.76. The molecule has 0 radical (unpaired) electrons. The maximum absolute atomic E-state index is 12.1. The van der Waals surface area contributed by atoms with Gasteiger partial charge >= 0.3 is 0 Å². The van der Waals surface area contributed by atoms with Crippen molar-refractivity contribution in [3.8, 4) is 0 Å². The molecule has 0 atom stereocenters. The van der Waals surface area contributed by atoms with E-state index >= 15 is 0 Å². The summed E-state index contributed by atoms with van der Waals surface area (Å²) >= 11 is 0. The number of hydrogen-bond donors (Lipinski definition) is 0. The van der Waals surface area contributed by atoms with E-state index in [0.29, 0.717) is 12.4 Å². The number of ether oxygens (including phenoxy) is 1. The van der Waals surface area contributed by atoms with Crippen LogP contribution in [0.1, 0.15) is 46.5 Å². The van der Waals surface area contributed by atoms with Crippen LogP contribution in [0.25, 0.3) is 0 Å². The van der Waals surface area contributed by atoms with Crippen LogP contribution < -0.4 is 0 Å². The van der Waals surface area contributed by atoms with Gasteiger partial charge in [-0.15, -0.1) is 0 Å². The third kappa shape index (κ3) is 3.36. The van der Waals surface area contributed by atoms with Crippen molar-refractivity contribution < 1.29 is 9.53 Å². The second-order valence-electron chi connectivity index (χ2n) is 4.76. The van der Waals surface area contributed by atoms with Crippen LogP contribution in [0.2, 0.25) is 0 Å². The molecular formula is C12H21N3O2. The van der Waals surface area contributed by atoms with Gasteiger partial charge in [-0.25, -0.2) is 9.67 Å². The van der Waals surface area contributed by atoms with Crippen molar-refractivity contribution in [1.82, 2.24) is 14.8 Å². The van der Waals surface area contributed by atoms with Crippen LogP contribution in [0.15, 0.2) is 6.33 Å². The van der Waals surface area contributed by atoms with Crippen molar-refractivity contribution in [2.24, 2.45) is 0 Å². The largest absolute Gasteiger partial charge is 0.368 e. The van der Waals surface area contributed by atoms with E-state index in [1.807, 2.05) is 20.8 Å². The molecule has 96 valence electrons. The van der Waals surface area contributed by atoms with Gasteiger partial charge in [0.05, 0.1) is 6.42 Å². The molecule has 1 heterocycles. The van der Waals surface area contributed by atoms with Crippen LogP contribution in [-0.4, -0.2) is 32.8 Å². The van der Waals surface area contributed by atoms with Crippen LogP contribution in [-0.2, 0) is 16.0 Å². The highest BCUT2D eigenvalue weighted by Gasteiger charge is 2.29. The highest BCUT2D eigenvalue weighted by molar-refractivity contribution is 5.87. The average molecular weight is 239 g/mol. The van der Waals surface area contributed by atoms with E-state index in [0.717, 1.165) is 0 Å². The lowest BCUT2D eigenvalue weighted by atomic mass is 10.0. The van der Waals surface area contributed by atoms with Gasteiger partial charge in [0.1, 0.15) is 17.8 Å². The van der Waals surface area contributed by atoms with Gasteiger partial charge in [0, 0.05) is 12.6 Å². The van der Waals surface area contributed by atoms with Gasteiger partial charge in [-0.05, 0) is 34.6 Å². The lowest BCUT2D eigenvalue weighted by molar-refractivity contribution is -0.139. The van der Waals surface area contributed by atoms with E-state index in [2.05, 4.69) is 10.1 Å². The fraction of sp³-hybridized carbons (Fsp3) is 0.750. The first-order valence-corrected chi connectivity index (χ1v) is 5.94. The Labute approximate surface area is 102 Å². The molecule has 0 saturated carbocycles. The van der Waals surface area contributed by atoms with Gasteiger partial charge in [0.25, 0.3) is 0 Å². The Balaban J connectivity index is 2.77. The molecule has 0 aromatic carbocycles. The van der Waals surface area contributed by atoms with E-state index in [9.17, 15) is 4.79 Å². The fourth-order valence-corrected chi connectivity index (χ4v) is 1.63. The molecule has 1 aromatic heterocycles. The summed E-state index contributed by atoms with van der Waals surface area (Å²) in [5.41, 5.74) is -0.761. The van der Waals surface area contributed by atoms with Gasteiger partial charge in [0.2, 0.25) is 0 Å². The van der Waals surface area contributed by atoms with Crippen molar-refractivity contribution in [2.45, 2.75) is 52.7 Å². The molecule has 0 bridgehead atoms. The number of rotatable bonds is 6. The first-order chi connectivity index (χ1) is 7.88. The molecule has 0 saturated heterocycles. The SMILES string of the molecule is CCOC(C)(C)C(=O)Cc1ncnn1C(C)C. The zero-order chi connectivity index (χ0) is 13.1. The zero-order valence-electron chi connectivity index (χ0n) is 11.2. The van der Waals surface area contributed by atoms with Gasteiger partial charge in [0.15, 0.2) is 5.78 Å². The molecule has 0 fully saturated rings. The van der Waals surface area contributed by atoms with E-state index in [1.165, 1.54) is 6.33 Å². The van der Waals surface area contributed by atoms with Gasteiger partial charge in [-0.3, -0.25) is 4.79 Å². The summed E-state index contributed by atoms with van der Waals surface area (Å²) in [6.45, 7) is 10.00. The third-order valence-corrected chi connectivity index (χ3v) is 2.63. The lowest BCUT2D eigenvalue weighted by Gasteiger charge is -2.23. The average Bonchev–Trinajstić information content (AvgIpc) is 2.65. The lowest BCUT2D eigenvalue weighted by Crippen LogP contribution is -2.37. The predicted molar refractivity (Wildman–Crippen MR) is 64.8 cm³/mol. The minimum Gasteiger partial charge on any atom is -0.368 e.